The molecule has 0 aliphatic carbocycles. The van der Waals surface area contributed by atoms with Crippen LogP contribution in [0.15, 0.2) is 24.3 Å². The summed E-state index contributed by atoms with van der Waals surface area (Å²) in [6.45, 7) is 6.98. The third kappa shape index (κ3) is 2.82. The van der Waals surface area contributed by atoms with Crippen molar-refractivity contribution < 1.29 is 4.92 Å². The summed E-state index contributed by atoms with van der Waals surface area (Å²) < 4.78 is 0. The van der Waals surface area contributed by atoms with Gasteiger partial charge in [0.1, 0.15) is 0 Å². The molecule has 20 heavy (non-hydrogen) atoms. The molecule has 1 aromatic rings. The van der Waals surface area contributed by atoms with Gasteiger partial charge >= 0.3 is 0 Å². The Morgan fingerprint density at radius 2 is 1.90 bits per heavy atom. The number of benzene rings is 1. The van der Waals surface area contributed by atoms with Gasteiger partial charge in [0, 0.05) is 63.5 Å². The quantitative estimate of drug-likeness (QED) is 0.647. The summed E-state index contributed by atoms with van der Waals surface area (Å²) in [5.74, 6) is 0. The van der Waals surface area contributed by atoms with Crippen LogP contribution in [0.3, 0.4) is 0 Å². The normalized spacial score (nSPS) is 21.6. The number of nitrogens with zero attached hydrogens (tertiary/aromatic N) is 3. The van der Waals surface area contributed by atoms with Gasteiger partial charge in [-0.2, -0.15) is 0 Å². The van der Waals surface area contributed by atoms with Gasteiger partial charge in [0.05, 0.1) is 4.92 Å². The Bertz CT molecular complexity index is 482. The van der Waals surface area contributed by atoms with E-state index in [2.05, 4.69) is 15.1 Å². The summed E-state index contributed by atoms with van der Waals surface area (Å²) in [5.41, 5.74) is 1.05. The number of nitrogens with one attached hydrogen (secondary N) is 1. The van der Waals surface area contributed by atoms with Crippen molar-refractivity contribution in [3.63, 3.8) is 0 Å². The van der Waals surface area contributed by atoms with E-state index in [9.17, 15) is 10.1 Å². The molecular formula is C14H20N4O2. The molecular weight excluding hydrogens is 256 g/mol. The van der Waals surface area contributed by atoms with Crippen LogP contribution in [0.25, 0.3) is 0 Å². The second-order valence-electron chi connectivity index (χ2n) is 5.51. The Balaban J connectivity index is 1.58. The van der Waals surface area contributed by atoms with E-state index in [0.717, 1.165) is 44.8 Å². The fourth-order valence-corrected chi connectivity index (χ4v) is 2.88. The van der Waals surface area contributed by atoms with E-state index in [1.54, 1.807) is 12.1 Å². The molecule has 2 saturated heterocycles. The topological polar surface area (TPSA) is 61.7 Å². The van der Waals surface area contributed by atoms with Crippen LogP contribution in [0.5, 0.6) is 0 Å². The van der Waals surface area contributed by atoms with Crippen molar-refractivity contribution in [3.05, 3.63) is 39.9 Å². The maximum Gasteiger partial charge on any atom is 0.273 e. The first-order valence-corrected chi connectivity index (χ1v) is 7.13. The molecule has 0 unspecified atom stereocenters. The molecule has 1 aromatic carbocycles. The summed E-state index contributed by atoms with van der Waals surface area (Å²) in [4.78, 5) is 15.6. The molecule has 1 N–H and O–H groups in total. The van der Waals surface area contributed by atoms with Gasteiger partial charge in [-0.15, -0.1) is 0 Å². The minimum absolute atomic E-state index is 0.234. The molecule has 2 heterocycles. The molecule has 2 fully saturated rings. The van der Waals surface area contributed by atoms with E-state index in [-0.39, 0.29) is 10.6 Å². The summed E-state index contributed by atoms with van der Waals surface area (Å²) in [5, 5.41) is 14.3. The van der Waals surface area contributed by atoms with E-state index in [1.165, 1.54) is 0 Å². The maximum atomic E-state index is 11.0. The Labute approximate surface area is 118 Å². The SMILES string of the molecule is O=[N+]([O-])c1ccccc1CN1CCN(C2CNC2)CC1. The standard InChI is InChI=1S/C14H20N4O2/c19-18(20)14-4-2-1-3-12(14)11-16-5-7-17(8-6-16)13-9-15-10-13/h1-4,13,15H,5-11H2. The minimum Gasteiger partial charge on any atom is -0.314 e. The van der Waals surface area contributed by atoms with Crippen LogP contribution in [-0.2, 0) is 6.54 Å². The molecule has 6 nitrogen and oxygen atoms in total. The van der Waals surface area contributed by atoms with E-state index in [4.69, 9.17) is 0 Å². The molecule has 0 saturated carbocycles. The smallest absolute Gasteiger partial charge is 0.273 e. The number of rotatable bonds is 4. The van der Waals surface area contributed by atoms with Crippen molar-refractivity contribution in [3.8, 4) is 0 Å². The zero-order valence-electron chi connectivity index (χ0n) is 11.5. The summed E-state index contributed by atoms with van der Waals surface area (Å²) in [7, 11) is 0. The van der Waals surface area contributed by atoms with Crippen LogP contribution in [0.4, 0.5) is 5.69 Å². The first-order chi connectivity index (χ1) is 9.74. The zero-order chi connectivity index (χ0) is 13.9. The van der Waals surface area contributed by atoms with Crippen LogP contribution >= 0.6 is 0 Å². The average Bonchev–Trinajstić information content (AvgIpc) is 2.39. The fourth-order valence-electron chi connectivity index (χ4n) is 2.88. The predicted octanol–water partition coefficient (Wildman–Crippen LogP) is 0.684. The van der Waals surface area contributed by atoms with Crippen molar-refractivity contribution in [1.82, 2.24) is 15.1 Å². The lowest BCUT2D eigenvalue weighted by molar-refractivity contribution is -0.385. The molecule has 0 amide bonds. The Kier molecular flexibility index (Phi) is 3.95. The van der Waals surface area contributed by atoms with Gasteiger partial charge in [0.25, 0.3) is 5.69 Å². The fraction of sp³-hybridized carbons (Fsp3) is 0.571. The molecule has 0 atom stereocenters. The lowest BCUT2D eigenvalue weighted by atomic mass is 10.1. The van der Waals surface area contributed by atoms with E-state index in [1.807, 2.05) is 12.1 Å². The van der Waals surface area contributed by atoms with E-state index >= 15 is 0 Å². The molecule has 0 bridgehead atoms. The number of para-hydroxylation sites is 1. The average molecular weight is 276 g/mol. The Morgan fingerprint density at radius 1 is 1.20 bits per heavy atom. The summed E-state index contributed by atoms with van der Waals surface area (Å²) >= 11 is 0. The van der Waals surface area contributed by atoms with Gasteiger partial charge in [0.2, 0.25) is 0 Å². The van der Waals surface area contributed by atoms with Crippen molar-refractivity contribution in [2.45, 2.75) is 12.6 Å². The maximum absolute atomic E-state index is 11.0. The Morgan fingerprint density at radius 3 is 2.50 bits per heavy atom. The van der Waals surface area contributed by atoms with Gasteiger partial charge in [-0.25, -0.2) is 0 Å². The summed E-state index contributed by atoms with van der Waals surface area (Å²) in [6.07, 6.45) is 0. The number of hydrogen-bond donors (Lipinski definition) is 1. The van der Waals surface area contributed by atoms with Crippen molar-refractivity contribution in [1.29, 1.82) is 0 Å². The molecule has 0 spiro atoms. The molecule has 0 aromatic heterocycles. The first-order valence-electron chi connectivity index (χ1n) is 7.13. The molecule has 0 radical (unpaired) electrons. The molecule has 108 valence electrons. The number of nitro groups is 1. The largest absolute Gasteiger partial charge is 0.314 e. The number of nitro benzene ring substituents is 1. The van der Waals surface area contributed by atoms with Gasteiger partial charge in [0.15, 0.2) is 0 Å². The monoisotopic (exact) mass is 276 g/mol. The van der Waals surface area contributed by atoms with Gasteiger partial charge < -0.3 is 5.32 Å². The Hall–Kier alpha value is -1.50. The van der Waals surface area contributed by atoms with Crippen molar-refractivity contribution in [2.75, 3.05) is 39.3 Å². The van der Waals surface area contributed by atoms with E-state index < -0.39 is 0 Å². The summed E-state index contributed by atoms with van der Waals surface area (Å²) in [6, 6.07) is 7.75. The highest BCUT2D eigenvalue weighted by Gasteiger charge is 2.28. The van der Waals surface area contributed by atoms with Gasteiger partial charge in [-0.1, -0.05) is 18.2 Å². The minimum atomic E-state index is -0.286. The number of hydrogen-bond acceptors (Lipinski definition) is 5. The van der Waals surface area contributed by atoms with Crippen molar-refractivity contribution >= 4 is 5.69 Å². The lowest BCUT2D eigenvalue weighted by Gasteiger charge is -2.43. The predicted molar refractivity (Wildman–Crippen MR) is 76.6 cm³/mol. The lowest BCUT2D eigenvalue weighted by Crippen LogP contribution is -2.61. The third-order valence-corrected chi connectivity index (χ3v) is 4.27. The van der Waals surface area contributed by atoms with Crippen LogP contribution in [0, 0.1) is 10.1 Å². The molecule has 2 aliphatic heterocycles. The molecule has 6 heteroatoms. The highest BCUT2D eigenvalue weighted by Crippen LogP contribution is 2.20. The van der Waals surface area contributed by atoms with Crippen LogP contribution in [0.1, 0.15) is 5.56 Å². The second-order valence-corrected chi connectivity index (χ2v) is 5.51. The second kappa shape index (κ2) is 5.87. The highest BCUT2D eigenvalue weighted by molar-refractivity contribution is 5.39. The van der Waals surface area contributed by atoms with E-state index in [0.29, 0.717) is 12.6 Å². The van der Waals surface area contributed by atoms with Crippen LogP contribution < -0.4 is 5.32 Å². The first kappa shape index (κ1) is 13.5. The van der Waals surface area contributed by atoms with Gasteiger partial charge in [-0.05, 0) is 0 Å². The number of piperazine rings is 1. The zero-order valence-corrected chi connectivity index (χ0v) is 11.5. The van der Waals surface area contributed by atoms with Crippen molar-refractivity contribution in [2.24, 2.45) is 0 Å². The third-order valence-electron chi connectivity index (χ3n) is 4.27. The van der Waals surface area contributed by atoms with Crippen LogP contribution in [-0.4, -0.2) is 60.0 Å². The highest BCUT2D eigenvalue weighted by atomic mass is 16.6. The molecule has 3 rings (SSSR count). The van der Waals surface area contributed by atoms with Crippen LogP contribution in [0.2, 0.25) is 0 Å². The molecule has 2 aliphatic rings. The van der Waals surface area contributed by atoms with Gasteiger partial charge in [-0.3, -0.25) is 19.9 Å².